The van der Waals surface area contributed by atoms with Crippen LogP contribution in [0.3, 0.4) is 0 Å². The van der Waals surface area contributed by atoms with E-state index in [4.69, 9.17) is 11.6 Å². The third kappa shape index (κ3) is 2.72. The molecule has 1 aromatic rings. The molecule has 0 bridgehead atoms. The van der Waals surface area contributed by atoms with Gasteiger partial charge in [0.25, 0.3) is 0 Å². The van der Waals surface area contributed by atoms with E-state index < -0.39 is 0 Å². The third-order valence-corrected chi connectivity index (χ3v) is 3.07. The molecule has 0 spiro atoms. The first kappa shape index (κ1) is 10.5. The third-order valence-electron chi connectivity index (χ3n) is 2.83. The Morgan fingerprint density at radius 3 is 2.87 bits per heavy atom. The molecule has 15 heavy (non-hydrogen) atoms. The lowest BCUT2D eigenvalue weighted by Gasteiger charge is -2.10. The maximum absolute atomic E-state index is 11.8. The Morgan fingerprint density at radius 2 is 2.27 bits per heavy atom. The summed E-state index contributed by atoms with van der Waals surface area (Å²) in [5.41, 5.74) is 0.778. The van der Waals surface area contributed by atoms with Crippen molar-refractivity contribution in [2.24, 2.45) is 11.8 Å². The summed E-state index contributed by atoms with van der Waals surface area (Å²) in [5, 5.41) is 3.53. The highest BCUT2D eigenvalue weighted by molar-refractivity contribution is 6.30. The Hall–Kier alpha value is -1.02. The second-order valence-electron chi connectivity index (χ2n) is 4.13. The molecule has 1 amide bonds. The van der Waals surface area contributed by atoms with Crippen LogP contribution in [0.2, 0.25) is 5.02 Å². The number of nitrogens with one attached hydrogen (secondary N) is 1. The smallest absolute Gasteiger partial charge is 0.227 e. The van der Waals surface area contributed by atoms with Crippen molar-refractivity contribution in [1.82, 2.24) is 0 Å². The van der Waals surface area contributed by atoms with Gasteiger partial charge in [-0.3, -0.25) is 4.79 Å². The molecule has 1 N–H and O–H groups in total. The van der Waals surface area contributed by atoms with Crippen molar-refractivity contribution in [3.8, 4) is 0 Å². The molecule has 1 atom stereocenters. The van der Waals surface area contributed by atoms with E-state index in [1.807, 2.05) is 19.1 Å². The predicted molar refractivity (Wildman–Crippen MR) is 62.0 cm³/mol. The van der Waals surface area contributed by atoms with Gasteiger partial charge in [0.2, 0.25) is 5.91 Å². The Kier molecular flexibility index (Phi) is 2.96. The van der Waals surface area contributed by atoms with Crippen LogP contribution >= 0.6 is 11.6 Å². The van der Waals surface area contributed by atoms with Crippen LogP contribution < -0.4 is 5.32 Å². The Labute approximate surface area is 94.6 Å². The van der Waals surface area contributed by atoms with E-state index in [2.05, 4.69) is 5.32 Å². The maximum atomic E-state index is 11.8. The van der Waals surface area contributed by atoms with E-state index in [1.54, 1.807) is 12.1 Å². The van der Waals surface area contributed by atoms with E-state index in [9.17, 15) is 4.79 Å². The van der Waals surface area contributed by atoms with Gasteiger partial charge in [0.15, 0.2) is 0 Å². The minimum Gasteiger partial charge on any atom is -0.326 e. The van der Waals surface area contributed by atoms with Gasteiger partial charge < -0.3 is 5.32 Å². The molecule has 0 radical (unpaired) electrons. The fourth-order valence-corrected chi connectivity index (χ4v) is 1.82. The summed E-state index contributed by atoms with van der Waals surface area (Å²) in [6, 6.07) is 7.24. The largest absolute Gasteiger partial charge is 0.326 e. The van der Waals surface area contributed by atoms with Crippen molar-refractivity contribution >= 4 is 23.2 Å². The number of rotatable bonds is 3. The summed E-state index contributed by atoms with van der Waals surface area (Å²) in [4.78, 5) is 11.8. The average molecular weight is 224 g/mol. The van der Waals surface area contributed by atoms with Crippen molar-refractivity contribution in [2.45, 2.75) is 19.8 Å². The number of halogens is 1. The topological polar surface area (TPSA) is 29.1 Å². The van der Waals surface area contributed by atoms with E-state index in [-0.39, 0.29) is 11.8 Å². The van der Waals surface area contributed by atoms with Crippen LogP contribution in [0.5, 0.6) is 0 Å². The molecular weight excluding hydrogens is 210 g/mol. The molecule has 3 heteroatoms. The zero-order chi connectivity index (χ0) is 10.8. The molecule has 0 aromatic heterocycles. The first-order chi connectivity index (χ1) is 7.16. The summed E-state index contributed by atoms with van der Waals surface area (Å²) in [6.45, 7) is 1.98. The zero-order valence-electron chi connectivity index (χ0n) is 8.66. The van der Waals surface area contributed by atoms with Crippen molar-refractivity contribution in [3.63, 3.8) is 0 Å². The van der Waals surface area contributed by atoms with E-state index >= 15 is 0 Å². The van der Waals surface area contributed by atoms with Gasteiger partial charge in [-0.2, -0.15) is 0 Å². The average Bonchev–Trinajstić information content (AvgIpc) is 2.99. The second kappa shape index (κ2) is 4.23. The van der Waals surface area contributed by atoms with Gasteiger partial charge in [-0.1, -0.05) is 24.6 Å². The molecule has 0 aliphatic heterocycles. The molecule has 1 saturated carbocycles. The highest BCUT2D eigenvalue weighted by atomic mass is 35.5. The first-order valence-corrected chi connectivity index (χ1v) is 5.61. The van der Waals surface area contributed by atoms with Gasteiger partial charge in [-0.05, 0) is 37.0 Å². The molecule has 1 fully saturated rings. The molecule has 2 rings (SSSR count). The maximum Gasteiger partial charge on any atom is 0.227 e. The minimum atomic E-state index is 0.0970. The molecule has 0 saturated heterocycles. The Bertz CT molecular complexity index is 374. The molecule has 80 valence electrons. The van der Waals surface area contributed by atoms with Crippen molar-refractivity contribution in [3.05, 3.63) is 29.3 Å². The number of hydrogen-bond acceptors (Lipinski definition) is 1. The van der Waals surface area contributed by atoms with Gasteiger partial charge in [0.05, 0.1) is 0 Å². The summed E-state index contributed by atoms with van der Waals surface area (Å²) in [5.74, 6) is 0.799. The molecule has 1 aliphatic carbocycles. The number of benzene rings is 1. The summed E-state index contributed by atoms with van der Waals surface area (Å²) < 4.78 is 0. The summed E-state index contributed by atoms with van der Waals surface area (Å²) in [7, 11) is 0. The first-order valence-electron chi connectivity index (χ1n) is 5.23. The zero-order valence-corrected chi connectivity index (χ0v) is 9.42. The monoisotopic (exact) mass is 223 g/mol. The molecule has 1 aromatic carbocycles. The summed E-state index contributed by atoms with van der Waals surface area (Å²) >= 11 is 5.83. The number of anilines is 1. The predicted octanol–water partition coefficient (Wildman–Crippen LogP) is 3.32. The van der Waals surface area contributed by atoms with Gasteiger partial charge >= 0.3 is 0 Å². The summed E-state index contributed by atoms with van der Waals surface area (Å²) in [6.07, 6.45) is 2.37. The SMILES string of the molecule is CC(C(=O)Nc1cccc(Cl)c1)C1CC1. The van der Waals surface area contributed by atoms with Crippen LogP contribution in [-0.2, 0) is 4.79 Å². The van der Waals surface area contributed by atoms with Crippen LogP contribution in [0.25, 0.3) is 0 Å². The molecule has 2 nitrogen and oxygen atoms in total. The van der Waals surface area contributed by atoms with Gasteiger partial charge in [0, 0.05) is 16.6 Å². The van der Waals surface area contributed by atoms with Crippen LogP contribution in [0, 0.1) is 11.8 Å². The lowest BCUT2D eigenvalue weighted by molar-refractivity contribution is -0.119. The standard InChI is InChI=1S/C12H14ClNO/c1-8(9-5-6-9)12(15)14-11-4-2-3-10(13)7-11/h2-4,7-9H,5-6H2,1H3,(H,14,15). The molecule has 0 heterocycles. The highest BCUT2D eigenvalue weighted by Crippen LogP contribution is 2.37. The number of hydrogen-bond donors (Lipinski definition) is 1. The lowest BCUT2D eigenvalue weighted by atomic mass is 10.1. The van der Waals surface area contributed by atoms with Crippen LogP contribution in [0.15, 0.2) is 24.3 Å². The number of amides is 1. The van der Waals surface area contributed by atoms with E-state index in [1.165, 1.54) is 12.8 Å². The fourth-order valence-electron chi connectivity index (χ4n) is 1.63. The van der Waals surface area contributed by atoms with E-state index in [0.29, 0.717) is 10.9 Å². The van der Waals surface area contributed by atoms with Gasteiger partial charge in [-0.25, -0.2) is 0 Å². The normalized spacial score (nSPS) is 17.2. The van der Waals surface area contributed by atoms with Crippen molar-refractivity contribution < 1.29 is 4.79 Å². The number of carbonyl (C=O) groups is 1. The van der Waals surface area contributed by atoms with E-state index in [0.717, 1.165) is 5.69 Å². The van der Waals surface area contributed by atoms with Gasteiger partial charge in [0.1, 0.15) is 0 Å². The highest BCUT2D eigenvalue weighted by Gasteiger charge is 2.32. The number of carbonyl (C=O) groups excluding carboxylic acids is 1. The molecule has 1 unspecified atom stereocenters. The van der Waals surface area contributed by atoms with Crippen LogP contribution in [0.4, 0.5) is 5.69 Å². The minimum absolute atomic E-state index is 0.0970. The second-order valence-corrected chi connectivity index (χ2v) is 4.56. The lowest BCUT2D eigenvalue weighted by Crippen LogP contribution is -2.21. The van der Waals surface area contributed by atoms with Crippen LogP contribution in [0.1, 0.15) is 19.8 Å². The quantitative estimate of drug-likeness (QED) is 0.837. The Balaban J connectivity index is 1.98. The fraction of sp³-hybridized carbons (Fsp3) is 0.417. The molecule has 1 aliphatic rings. The van der Waals surface area contributed by atoms with Crippen molar-refractivity contribution in [1.29, 1.82) is 0 Å². The van der Waals surface area contributed by atoms with Crippen LogP contribution in [-0.4, -0.2) is 5.91 Å². The molecular formula is C12H14ClNO. The van der Waals surface area contributed by atoms with Crippen molar-refractivity contribution in [2.75, 3.05) is 5.32 Å². The van der Waals surface area contributed by atoms with Gasteiger partial charge in [-0.15, -0.1) is 0 Å². The Morgan fingerprint density at radius 1 is 1.53 bits per heavy atom.